The summed E-state index contributed by atoms with van der Waals surface area (Å²) in [5.74, 6) is -1.60. The van der Waals surface area contributed by atoms with E-state index >= 15 is 0 Å². The number of alkyl halides is 3. The van der Waals surface area contributed by atoms with Gasteiger partial charge in [-0.15, -0.1) is 11.8 Å². The molecule has 4 aromatic rings. The number of anilines is 2. The Labute approximate surface area is 253 Å². The van der Waals surface area contributed by atoms with E-state index in [9.17, 15) is 27.6 Å². The molecular formula is C30H23ClF3N3O3S2. The molecule has 1 heterocycles. The Morgan fingerprint density at radius 3 is 2.31 bits per heavy atom. The van der Waals surface area contributed by atoms with Crippen LogP contribution in [0, 0.1) is 0 Å². The molecule has 0 radical (unpaired) electrons. The fourth-order valence-corrected chi connectivity index (χ4v) is 5.29. The van der Waals surface area contributed by atoms with E-state index in [1.165, 1.54) is 17.4 Å². The second-order valence-corrected chi connectivity index (χ2v) is 11.5. The largest absolute Gasteiger partial charge is 0.418 e. The van der Waals surface area contributed by atoms with Crippen LogP contribution in [0.5, 0.6) is 0 Å². The number of carbonyl (C=O) groups is 3. The summed E-state index contributed by atoms with van der Waals surface area (Å²) in [6.45, 7) is 1.57. The van der Waals surface area contributed by atoms with Crippen molar-refractivity contribution in [3.8, 4) is 0 Å². The summed E-state index contributed by atoms with van der Waals surface area (Å²) in [5, 5.41) is 10.6. The third kappa shape index (κ3) is 8.48. The predicted octanol–water partition coefficient (Wildman–Crippen LogP) is 7.95. The van der Waals surface area contributed by atoms with Crippen LogP contribution >= 0.6 is 34.7 Å². The maximum atomic E-state index is 13.4. The van der Waals surface area contributed by atoms with E-state index in [2.05, 4.69) is 16.0 Å². The van der Waals surface area contributed by atoms with Crippen molar-refractivity contribution in [2.75, 3.05) is 10.6 Å². The van der Waals surface area contributed by atoms with E-state index < -0.39 is 34.7 Å². The molecule has 0 bridgehead atoms. The minimum absolute atomic E-state index is 0.0476. The Bertz CT molecular complexity index is 1590. The van der Waals surface area contributed by atoms with E-state index in [1.807, 2.05) is 16.8 Å². The molecule has 0 aliphatic carbocycles. The second-order valence-electron chi connectivity index (χ2n) is 8.85. The molecule has 0 aliphatic rings. The number of thioether (sulfide) groups is 1. The van der Waals surface area contributed by atoms with Crippen molar-refractivity contribution in [1.29, 1.82) is 0 Å². The number of thiophene rings is 1. The molecule has 42 heavy (non-hydrogen) atoms. The first-order valence-corrected chi connectivity index (χ1v) is 14.6. The van der Waals surface area contributed by atoms with Crippen LogP contribution in [0.4, 0.5) is 24.5 Å². The second kappa shape index (κ2) is 13.7. The molecule has 0 saturated heterocycles. The Morgan fingerprint density at radius 2 is 1.67 bits per heavy atom. The van der Waals surface area contributed by atoms with Gasteiger partial charge in [0.2, 0.25) is 5.91 Å². The molecule has 3 aromatic carbocycles. The molecule has 0 fully saturated rings. The zero-order valence-corrected chi connectivity index (χ0v) is 24.3. The van der Waals surface area contributed by atoms with Gasteiger partial charge in [-0.2, -0.15) is 24.5 Å². The molecule has 0 spiro atoms. The van der Waals surface area contributed by atoms with Crippen molar-refractivity contribution in [3.63, 3.8) is 0 Å². The summed E-state index contributed by atoms with van der Waals surface area (Å²) in [6, 6.07) is 20.0. The molecule has 0 saturated carbocycles. The lowest BCUT2D eigenvalue weighted by atomic mass is 10.1. The van der Waals surface area contributed by atoms with Gasteiger partial charge in [0.1, 0.15) is 5.70 Å². The van der Waals surface area contributed by atoms with Crippen molar-refractivity contribution in [1.82, 2.24) is 5.32 Å². The quantitative estimate of drug-likeness (QED) is 0.130. The number of benzene rings is 3. The average Bonchev–Trinajstić information content (AvgIpc) is 3.47. The highest BCUT2D eigenvalue weighted by Gasteiger charge is 2.34. The Hall–Kier alpha value is -4.06. The van der Waals surface area contributed by atoms with Gasteiger partial charge in [0.05, 0.1) is 16.5 Å². The topological polar surface area (TPSA) is 87.3 Å². The molecule has 216 valence electrons. The van der Waals surface area contributed by atoms with Gasteiger partial charge in [0.25, 0.3) is 11.8 Å². The van der Waals surface area contributed by atoms with Crippen LogP contribution in [0.15, 0.2) is 100 Å². The first kappa shape index (κ1) is 30.9. The summed E-state index contributed by atoms with van der Waals surface area (Å²) in [6.07, 6.45) is -3.12. The zero-order valence-electron chi connectivity index (χ0n) is 21.9. The highest BCUT2D eigenvalue weighted by molar-refractivity contribution is 8.00. The lowest BCUT2D eigenvalue weighted by Gasteiger charge is -2.17. The fraction of sp³-hybridized carbons (Fsp3) is 0.100. The van der Waals surface area contributed by atoms with Crippen molar-refractivity contribution >= 4 is 69.9 Å². The maximum absolute atomic E-state index is 13.4. The number of nitrogens with one attached hydrogen (secondary N) is 3. The molecular weight excluding hydrogens is 607 g/mol. The minimum Gasteiger partial charge on any atom is -0.325 e. The van der Waals surface area contributed by atoms with E-state index in [1.54, 1.807) is 67.6 Å². The summed E-state index contributed by atoms with van der Waals surface area (Å²) < 4.78 is 40.1. The maximum Gasteiger partial charge on any atom is 0.418 e. The lowest BCUT2D eigenvalue weighted by molar-refractivity contribution is -0.137. The molecule has 0 aliphatic heterocycles. The molecule has 1 unspecified atom stereocenters. The van der Waals surface area contributed by atoms with Gasteiger partial charge in [-0.05, 0) is 90.0 Å². The third-order valence-electron chi connectivity index (χ3n) is 5.72. The van der Waals surface area contributed by atoms with Crippen LogP contribution in [0.2, 0.25) is 5.02 Å². The number of halogens is 4. The zero-order chi connectivity index (χ0) is 30.3. The molecule has 4 rings (SSSR count). The van der Waals surface area contributed by atoms with Crippen molar-refractivity contribution < 1.29 is 27.6 Å². The first-order chi connectivity index (χ1) is 20.0. The summed E-state index contributed by atoms with van der Waals surface area (Å²) in [5.41, 5.74) is 0.209. The van der Waals surface area contributed by atoms with Crippen LogP contribution in [-0.2, 0) is 15.8 Å². The Balaban J connectivity index is 1.40. The number of hydrogen-bond acceptors (Lipinski definition) is 5. The smallest absolute Gasteiger partial charge is 0.325 e. The van der Waals surface area contributed by atoms with Crippen LogP contribution in [0.1, 0.15) is 28.4 Å². The fourth-order valence-electron chi connectivity index (χ4n) is 3.63. The van der Waals surface area contributed by atoms with Crippen LogP contribution in [-0.4, -0.2) is 23.0 Å². The van der Waals surface area contributed by atoms with Crippen molar-refractivity contribution in [3.05, 3.63) is 117 Å². The van der Waals surface area contributed by atoms with Gasteiger partial charge in [0.15, 0.2) is 0 Å². The molecule has 1 aromatic heterocycles. The number of carbonyl (C=O) groups excluding carboxylic acids is 3. The first-order valence-electron chi connectivity index (χ1n) is 12.4. The summed E-state index contributed by atoms with van der Waals surface area (Å²) >= 11 is 8.28. The summed E-state index contributed by atoms with van der Waals surface area (Å²) in [7, 11) is 0. The monoisotopic (exact) mass is 629 g/mol. The van der Waals surface area contributed by atoms with Gasteiger partial charge >= 0.3 is 6.18 Å². The lowest BCUT2D eigenvalue weighted by Crippen LogP contribution is -2.30. The van der Waals surface area contributed by atoms with Crippen molar-refractivity contribution in [2.45, 2.75) is 23.2 Å². The highest BCUT2D eigenvalue weighted by Crippen LogP contribution is 2.37. The van der Waals surface area contributed by atoms with E-state index in [-0.39, 0.29) is 16.4 Å². The average molecular weight is 630 g/mol. The van der Waals surface area contributed by atoms with Gasteiger partial charge in [-0.25, -0.2) is 0 Å². The van der Waals surface area contributed by atoms with Crippen LogP contribution in [0.3, 0.4) is 0 Å². The summed E-state index contributed by atoms with van der Waals surface area (Å²) in [4.78, 5) is 39.1. The molecule has 12 heteroatoms. The Kier molecular flexibility index (Phi) is 10.1. The van der Waals surface area contributed by atoms with Crippen LogP contribution in [0.25, 0.3) is 6.08 Å². The van der Waals surface area contributed by atoms with E-state index in [0.717, 1.165) is 29.5 Å². The van der Waals surface area contributed by atoms with Crippen molar-refractivity contribution in [2.24, 2.45) is 0 Å². The molecule has 3 N–H and O–H groups in total. The van der Waals surface area contributed by atoms with E-state index in [0.29, 0.717) is 16.1 Å². The standard InChI is InChI=1S/C30H23ClF3N3O3S2/c1-18(27(38)36-25-12-7-21(31)16-24(25)30(32,33)34)42-23-10-8-22(9-11-23)35-29(40)26(15-19-13-14-41-17-19)37-28(39)20-5-3-2-4-6-20/h2-18H,1H3,(H,35,40)(H,36,38)(H,37,39)/b26-15-. The normalized spacial score (nSPS) is 12.4. The van der Waals surface area contributed by atoms with Crippen LogP contribution < -0.4 is 16.0 Å². The van der Waals surface area contributed by atoms with Gasteiger partial charge < -0.3 is 16.0 Å². The van der Waals surface area contributed by atoms with Gasteiger partial charge in [-0.3, -0.25) is 14.4 Å². The Morgan fingerprint density at radius 1 is 0.952 bits per heavy atom. The minimum atomic E-state index is -4.69. The number of hydrogen-bond donors (Lipinski definition) is 3. The number of amides is 3. The molecule has 6 nitrogen and oxygen atoms in total. The van der Waals surface area contributed by atoms with Gasteiger partial charge in [0, 0.05) is 21.2 Å². The predicted molar refractivity (Wildman–Crippen MR) is 162 cm³/mol. The van der Waals surface area contributed by atoms with Gasteiger partial charge in [-0.1, -0.05) is 29.8 Å². The van der Waals surface area contributed by atoms with E-state index in [4.69, 9.17) is 11.6 Å². The SMILES string of the molecule is CC(Sc1ccc(NC(=O)/C(=C/c2ccsc2)NC(=O)c2ccccc2)cc1)C(=O)Nc1ccc(Cl)cc1C(F)(F)F. The molecule has 3 amide bonds. The highest BCUT2D eigenvalue weighted by atomic mass is 35.5. The molecule has 1 atom stereocenters. The number of rotatable bonds is 9. The third-order valence-corrected chi connectivity index (χ3v) is 7.77.